The summed E-state index contributed by atoms with van der Waals surface area (Å²) in [6.07, 6.45) is 5.24. The smallest absolute Gasteiger partial charge is 0.259 e. The van der Waals surface area contributed by atoms with E-state index < -0.39 is 0 Å². The maximum atomic E-state index is 12.4. The Balaban J connectivity index is 1.75. The lowest BCUT2D eigenvalue weighted by molar-refractivity contribution is 0.102. The zero-order chi connectivity index (χ0) is 16.2. The van der Waals surface area contributed by atoms with Gasteiger partial charge in [-0.1, -0.05) is 22.0 Å². The molecule has 3 rings (SSSR count). The monoisotopic (exact) mass is 374 g/mol. The summed E-state index contributed by atoms with van der Waals surface area (Å²) in [5, 5.41) is 2.88. The van der Waals surface area contributed by atoms with Crippen molar-refractivity contribution in [3.05, 3.63) is 46.2 Å². The fourth-order valence-corrected chi connectivity index (χ4v) is 3.09. The number of nitrogens with one attached hydrogen (secondary N) is 1. The predicted molar refractivity (Wildman–Crippen MR) is 94.9 cm³/mol. The second-order valence-corrected chi connectivity index (χ2v) is 6.60. The number of aromatic nitrogens is 2. The quantitative estimate of drug-likeness (QED) is 0.887. The average Bonchev–Trinajstić information content (AvgIpc) is 2.55. The summed E-state index contributed by atoms with van der Waals surface area (Å²) in [5.41, 5.74) is 1.95. The minimum atomic E-state index is -0.189. The summed E-state index contributed by atoms with van der Waals surface area (Å²) < 4.78 is 0.920. The van der Waals surface area contributed by atoms with E-state index in [2.05, 4.69) is 36.1 Å². The maximum Gasteiger partial charge on any atom is 0.259 e. The fourth-order valence-electron chi connectivity index (χ4n) is 2.69. The third kappa shape index (κ3) is 3.88. The van der Waals surface area contributed by atoms with Gasteiger partial charge in [0, 0.05) is 29.4 Å². The summed E-state index contributed by atoms with van der Waals surface area (Å²) in [4.78, 5) is 23.5. The molecule has 0 saturated carbocycles. The molecule has 1 aromatic heterocycles. The van der Waals surface area contributed by atoms with E-state index in [0.717, 1.165) is 29.2 Å². The second kappa shape index (κ2) is 7.08. The fraction of sp³-hybridized carbons (Fsp3) is 0.353. The van der Waals surface area contributed by atoms with E-state index in [1.807, 2.05) is 31.2 Å². The highest BCUT2D eigenvalue weighted by Gasteiger charge is 2.17. The number of aryl methyl sites for hydroxylation is 1. The van der Waals surface area contributed by atoms with Crippen LogP contribution in [0.1, 0.15) is 35.3 Å². The number of rotatable bonds is 3. The van der Waals surface area contributed by atoms with Crippen LogP contribution in [0.4, 0.5) is 11.6 Å². The molecule has 0 aliphatic carbocycles. The van der Waals surface area contributed by atoms with Gasteiger partial charge in [0.15, 0.2) is 0 Å². The van der Waals surface area contributed by atoms with Crippen LogP contribution in [-0.4, -0.2) is 29.0 Å². The van der Waals surface area contributed by atoms with Crippen LogP contribution in [-0.2, 0) is 0 Å². The van der Waals surface area contributed by atoms with E-state index in [1.54, 1.807) is 6.20 Å². The molecule has 0 bridgehead atoms. The summed E-state index contributed by atoms with van der Waals surface area (Å²) >= 11 is 3.39. The highest BCUT2D eigenvalue weighted by molar-refractivity contribution is 9.10. The molecule has 0 unspecified atom stereocenters. The third-order valence-electron chi connectivity index (χ3n) is 3.93. The SMILES string of the molecule is Cc1nc(N2CCCCC2)ncc1C(=O)Nc1cccc(Br)c1. The Kier molecular flexibility index (Phi) is 4.91. The van der Waals surface area contributed by atoms with Crippen molar-refractivity contribution in [3.63, 3.8) is 0 Å². The van der Waals surface area contributed by atoms with E-state index in [1.165, 1.54) is 19.3 Å². The van der Waals surface area contributed by atoms with Gasteiger partial charge in [0.05, 0.1) is 11.3 Å². The van der Waals surface area contributed by atoms with Crippen LogP contribution in [0.15, 0.2) is 34.9 Å². The molecule has 23 heavy (non-hydrogen) atoms. The van der Waals surface area contributed by atoms with Crippen molar-refractivity contribution >= 4 is 33.5 Å². The Hall–Kier alpha value is -1.95. The number of carbonyl (C=O) groups excluding carboxylic acids is 1. The summed E-state index contributed by atoms with van der Waals surface area (Å²) in [6.45, 7) is 3.83. The largest absolute Gasteiger partial charge is 0.341 e. The first-order valence-corrected chi connectivity index (χ1v) is 8.58. The first kappa shape index (κ1) is 15.9. The van der Waals surface area contributed by atoms with Gasteiger partial charge < -0.3 is 10.2 Å². The van der Waals surface area contributed by atoms with E-state index >= 15 is 0 Å². The lowest BCUT2D eigenvalue weighted by atomic mass is 10.1. The maximum absolute atomic E-state index is 12.4. The summed E-state index contributed by atoms with van der Waals surface area (Å²) in [6, 6.07) is 7.50. The number of hydrogen-bond donors (Lipinski definition) is 1. The number of halogens is 1. The molecule has 6 heteroatoms. The number of piperidine rings is 1. The molecule has 1 aliphatic heterocycles. The molecule has 0 atom stereocenters. The Morgan fingerprint density at radius 2 is 2.04 bits per heavy atom. The van der Waals surface area contributed by atoms with Crippen molar-refractivity contribution in [2.24, 2.45) is 0 Å². The standard InChI is InChI=1S/C17H19BrN4O/c1-12-15(16(23)21-14-7-5-6-13(18)10-14)11-19-17(20-12)22-8-3-2-4-9-22/h5-7,10-11H,2-4,8-9H2,1H3,(H,21,23). The van der Waals surface area contributed by atoms with Gasteiger partial charge in [-0.2, -0.15) is 0 Å². The zero-order valence-corrected chi connectivity index (χ0v) is 14.6. The molecular formula is C17H19BrN4O. The topological polar surface area (TPSA) is 58.1 Å². The van der Waals surface area contributed by atoms with Crippen molar-refractivity contribution in [2.45, 2.75) is 26.2 Å². The van der Waals surface area contributed by atoms with Crippen molar-refractivity contribution in [1.29, 1.82) is 0 Å². The first-order chi connectivity index (χ1) is 11.1. The molecule has 1 saturated heterocycles. The molecule has 2 aromatic rings. The van der Waals surface area contributed by atoms with Gasteiger partial charge in [-0.15, -0.1) is 0 Å². The summed E-state index contributed by atoms with van der Waals surface area (Å²) in [5.74, 6) is 0.534. The van der Waals surface area contributed by atoms with Gasteiger partial charge in [-0.3, -0.25) is 4.79 Å². The average molecular weight is 375 g/mol. The lowest BCUT2D eigenvalue weighted by Gasteiger charge is -2.26. The second-order valence-electron chi connectivity index (χ2n) is 5.68. The van der Waals surface area contributed by atoms with E-state index in [4.69, 9.17) is 0 Å². The summed E-state index contributed by atoms with van der Waals surface area (Å²) in [7, 11) is 0. The normalized spacial score (nSPS) is 14.6. The highest BCUT2D eigenvalue weighted by atomic mass is 79.9. The molecule has 5 nitrogen and oxygen atoms in total. The molecule has 2 heterocycles. The Bertz CT molecular complexity index is 713. The van der Waals surface area contributed by atoms with Crippen LogP contribution in [0.25, 0.3) is 0 Å². The number of amides is 1. The molecule has 1 aromatic carbocycles. The van der Waals surface area contributed by atoms with Gasteiger partial charge in [-0.05, 0) is 44.4 Å². The highest BCUT2D eigenvalue weighted by Crippen LogP contribution is 2.19. The van der Waals surface area contributed by atoms with Crippen LogP contribution in [0, 0.1) is 6.92 Å². The van der Waals surface area contributed by atoms with Crippen LogP contribution in [0.5, 0.6) is 0 Å². The Morgan fingerprint density at radius 3 is 2.74 bits per heavy atom. The molecular weight excluding hydrogens is 356 g/mol. The van der Waals surface area contributed by atoms with E-state index in [-0.39, 0.29) is 5.91 Å². The van der Waals surface area contributed by atoms with Crippen molar-refractivity contribution in [1.82, 2.24) is 9.97 Å². The van der Waals surface area contributed by atoms with Gasteiger partial charge in [0.2, 0.25) is 5.95 Å². The minimum Gasteiger partial charge on any atom is -0.341 e. The Morgan fingerprint density at radius 1 is 1.26 bits per heavy atom. The number of benzene rings is 1. The Labute approximate surface area is 144 Å². The molecule has 120 valence electrons. The van der Waals surface area contributed by atoms with E-state index in [9.17, 15) is 4.79 Å². The minimum absolute atomic E-state index is 0.189. The van der Waals surface area contributed by atoms with Crippen LogP contribution < -0.4 is 10.2 Å². The lowest BCUT2D eigenvalue weighted by Crippen LogP contribution is -2.31. The van der Waals surface area contributed by atoms with Crippen LogP contribution in [0.3, 0.4) is 0 Å². The van der Waals surface area contributed by atoms with Gasteiger partial charge >= 0.3 is 0 Å². The molecule has 1 aliphatic rings. The van der Waals surface area contributed by atoms with Gasteiger partial charge in [0.1, 0.15) is 0 Å². The molecule has 1 N–H and O–H groups in total. The van der Waals surface area contributed by atoms with Crippen molar-refractivity contribution < 1.29 is 4.79 Å². The zero-order valence-electron chi connectivity index (χ0n) is 13.1. The number of carbonyl (C=O) groups is 1. The first-order valence-electron chi connectivity index (χ1n) is 7.79. The number of hydrogen-bond acceptors (Lipinski definition) is 4. The van der Waals surface area contributed by atoms with Crippen LogP contribution in [0.2, 0.25) is 0 Å². The molecule has 0 radical (unpaired) electrons. The number of nitrogens with zero attached hydrogens (tertiary/aromatic N) is 3. The van der Waals surface area contributed by atoms with Gasteiger partial charge in [0.25, 0.3) is 5.91 Å². The molecule has 0 spiro atoms. The van der Waals surface area contributed by atoms with Crippen molar-refractivity contribution in [2.75, 3.05) is 23.3 Å². The van der Waals surface area contributed by atoms with E-state index in [0.29, 0.717) is 11.3 Å². The van der Waals surface area contributed by atoms with Crippen LogP contribution >= 0.6 is 15.9 Å². The van der Waals surface area contributed by atoms with Crippen molar-refractivity contribution in [3.8, 4) is 0 Å². The molecule has 1 amide bonds. The van der Waals surface area contributed by atoms with Gasteiger partial charge in [-0.25, -0.2) is 9.97 Å². The predicted octanol–water partition coefficient (Wildman–Crippen LogP) is 3.79. The third-order valence-corrected chi connectivity index (χ3v) is 4.43. The number of anilines is 2. The molecule has 1 fully saturated rings.